The Morgan fingerprint density at radius 3 is 2.96 bits per heavy atom. The Kier molecular flexibility index (Phi) is 3.63. The second kappa shape index (κ2) is 5.84. The van der Waals surface area contributed by atoms with Crippen molar-refractivity contribution in [2.75, 3.05) is 5.32 Å². The van der Waals surface area contributed by atoms with Gasteiger partial charge in [-0.1, -0.05) is 6.92 Å². The van der Waals surface area contributed by atoms with E-state index in [-0.39, 0.29) is 5.82 Å². The zero-order chi connectivity index (χ0) is 17.6. The van der Waals surface area contributed by atoms with Gasteiger partial charge < -0.3 is 14.7 Å². The summed E-state index contributed by atoms with van der Waals surface area (Å²) < 4.78 is 16.1. The zero-order valence-electron chi connectivity index (χ0n) is 14.3. The summed E-state index contributed by atoms with van der Waals surface area (Å²) in [6, 6.07) is 1.79. The Labute approximate surface area is 144 Å². The molecular weight excluding hydrogens is 319 g/mol. The number of pyridine rings is 1. The van der Waals surface area contributed by atoms with Gasteiger partial charge in [0.2, 0.25) is 5.95 Å². The third-order valence-electron chi connectivity index (χ3n) is 4.48. The van der Waals surface area contributed by atoms with Crippen molar-refractivity contribution in [2.45, 2.75) is 33.2 Å². The van der Waals surface area contributed by atoms with Crippen LogP contribution < -0.4 is 5.32 Å². The van der Waals surface area contributed by atoms with Crippen molar-refractivity contribution >= 4 is 22.6 Å². The van der Waals surface area contributed by atoms with Crippen LogP contribution in [0.25, 0.3) is 27.8 Å². The maximum atomic E-state index is 14.4. The Bertz CT molecular complexity index is 1060. The van der Waals surface area contributed by atoms with Crippen LogP contribution in [0.5, 0.6) is 0 Å². The summed E-state index contributed by atoms with van der Waals surface area (Å²) in [4.78, 5) is 16.2. The summed E-state index contributed by atoms with van der Waals surface area (Å²) in [5.74, 6) is 0.235. The number of anilines is 1. The lowest BCUT2D eigenvalue weighted by Crippen LogP contribution is -2.15. The standard InChI is InChI=1S/C18H19FN6/c1-4-10(2)23-18-22-8-14-13(7-20-16(14)24-18)12-5-15(19)17-21-6-11(3)25(17)9-12/h5-10H,4H2,1-3H3,(H2,20,22,23,24). The Balaban J connectivity index is 1.80. The van der Waals surface area contributed by atoms with Crippen LogP contribution in [-0.4, -0.2) is 30.4 Å². The van der Waals surface area contributed by atoms with Crippen LogP contribution in [0, 0.1) is 12.7 Å². The first-order valence-corrected chi connectivity index (χ1v) is 8.31. The average Bonchev–Trinajstić information content (AvgIpc) is 3.18. The molecule has 0 amide bonds. The molecule has 2 N–H and O–H groups in total. The lowest BCUT2D eigenvalue weighted by atomic mass is 10.1. The molecule has 0 saturated heterocycles. The molecule has 0 aliphatic heterocycles. The SMILES string of the molecule is CCC(C)Nc1ncc2c(-c3cc(F)c4ncc(C)n4c3)c[nH]c2n1. The van der Waals surface area contributed by atoms with E-state index in [1.165, 1.54) is 6.07 Å². The number of rotatable bonds is 4. The smallest absolute Gasteiger partial charge is 0.224 e. The third kappa shape index (κ3) is 2.61. The molecule has 0 aliphatic rings. The molecular formula is C18H19FN6. The van der Waals surface area contributed by atoms with Gasteiger partial charge in [0.1, 0.15) is 5.65 Å². The second-order valence-corrected chi connectivity index (χ2v) is 6.28. The van der Waals surface area contributed by atoms with Crippen molar-refractivity contribution in [1.29, 1.82) is 0 Å². The summed E-state index contributed by atoms with van der Waals surface area (Å²) >= 11 is 0. The first-order chi connectivity index (χ1) is 12.1. The number of aryl methyl sites for hydroxylation is 1. The Hall–Kier alpha value is -2.96. The van der Waals surface area contributed by atoms with Crippen LogP contribution in [0.2, 0.25) is 0 Å². The molecule has 6 nitrogen and oxygen atoms in total. The van der Waals surface area contributed by atoms with Crippen molar-refractivity contribution in [2.24, 2.45) is 0 Å². The van der Waals surface area contributed by atoms with Gasteiger partial charge in [0.15, 0.2) is 11.5 Å². The number of aromatic nitrogens is 5. The van der Waals surface area contributed by atoms with E-state index in [0.29, 0.717) is 17.6 Å². The molecule has 0 aromatic carbocycles. The average molecular weight is 338 g/mol. The highest BCUT2D eigenvalue weighted by molar-refractivity contribution is 5.93. The van der Waals surface area contributed by atoms with Gasteiger partial charge in [-0.3, -0.25) is 0 Å². The largest absolute Gasteiger partial charge is 0.352 e. The van der Waals surface area contributed by atoms with E-state index >= 15 is 0 Å². The molecule has 4 aromatic rings. The summed E-state index contributed by atoms with van der Waals surface area (Å²) in [5.41, 5.74) is 3.55. The maximum Gasteiger partial charge on any atom is 0.224 e. The van der Waals surface area contributed by atoms with E-state index in [0.717, 1.165) is 34.3 Å². The predicted octanol–water partition coefficient (Wildman–Crippen LogP) is 3.93. The Morgan fingerprint density at radius 2 is 2.16 bits per heavy atom. The predicted molar refractivity (Wildman–Crippen MR) is 96.1 cm³/mol. The van der Waals surface area contributed by atoms with Crippen molar-refractivity contribution in [1.82, 2.24) is 24.3 Å². The van der Waals surface area contributed by atoms with Crippen molar-refractivity contribution in [3.8, 4) is 11.1 Å². The molecule has 7 heteroatoms. The lowest BCUT2D eigenvalue weighted by Gasteiger charge is -2.10. The quantitative estimate of drug-likeness (QED) is 0.591. The van der Waals surface area contributed by atoms with Crippen LogP contribution in [0.15, 0.2) is 30.9 Å². The van der Waals surface area contributed by atoms with Crippen molar-refractivity contribution < 1.29 is 4.39 Å². The van der Waals surface area contributed by atoms with Gasteiger partial charge in [0.25, 0.3) is 0 Å². The molecule has 1 unspecified atom stereocenters. The molecule has 0 aliphatic carbocycles. The number of hydrogen-bond donors (Lipinski definition) is 2. The van der Waals surface area contributed by atoms with Gasteiger partial charge in [0, 0.05) is 53.0 Å². The highest BCUT2D eigenvalue weighted by atomic mass is 19.1. The highest BCUT2D eigenvalue weighted by Gasteiger charge is 2.13. The van der Waals surface area contributed by atoms with E-state index < -0.39 is 0 Å². The summed E-state index contributed by atoms with van der Waals surface area (Å²) in [6.07, 6.45) is 8.13. The monoisotopic (exact) mass is 338 g/mol. The zero-order valence-corrected chi connectivity index (χ0v) is 14.3. The number of aromatic amines is 1. The fraction of sp³-hybridized carbons (Fsp3) is 0.278. The van der Waals surface area contributed by atoms with Crippen LogP contribution in [-0.2, 0) is 0 Å². The van der Waals surface area contributed by atoms with Crippen molar-refractivity contribution in [3.63, 3.8) is 0 Å². The van der Waals surface area contributed by atoms with E-state index in [1.54, 1.807) is 16.8 Å². The topological polar surface area (TPSA) is 70.9 Å². The van der Waals surface area contributed by atoms with Gasteiger partial charge >= 0.3 is 0 Å². The molecule has 1 atom stereocenters. The molecule has 0 bridgehead atoms. The lowest BCUT2D eigenvalue weighted by molar-refractivity contribution is 0.630. The Morgan fingerprint density at radius 1 is 1.32 bits per heavy atom. The van der Waals surface area contributed by atoms with Crippen LogP contribution in [0.1, 0.15) is 26.0 Å². The molecule has 0 fully saturated rings. The van der Waals surface area contributed by atoms with Crippen LogP contribution >= 0.6 is 0 Å². The van der Waals surface area contributed by atoms with Gasteiger partial charge in [-0.25, -0.2) is 14.4 Å². The highest BCUT2D eigenvalue weighted by Crippen LogP contribution is 2.29. The molecule has 4 heterocycles. The number of fused-ring (bicyclic) bond motifs is 2. The molecule has 0 radical (unpaired) electrons. The number of halogens is 1. The van der Waals surface area contributed by atoms with Gasteiger partial charge in [-0.2, -0.15) is 4.98 Å². The third-order valence-corrected chi connectivity index (χ3v) is 4.48. The minimum absolute atomic E-state index is 0.299. The first-order valence-electron chi connectivity index (χ1n) is 8.31. The summed E-state index contributed by atoms with van der Waals surface area (Å²) in [7, 11) is 0. The van der Waals surface area contributed by atoms with Gasteiger partial charge in [0.05, 0.1) is 0 Å². The normalized spacial score (nSPS) is 12.8. The molecule has 4 rings (SSSR count). The van der Waals surface area contributed by atoms with Gasteiger partial charge in [-0.15, -0.1) is 0 Å². The number of nitrogens with zero attached hydrogens (tertiary/aromatic N) is 4. The van der Waals surface area contributed by atoms with E-state index in [4.69, 9.17) is 0 Å². The minimum Gasteiger partial charge on any atom is -0.352 e. The molecule has 0 spiro atoms. The summed E-state index contributed by atoms with van der Waals surface area (Å²) in [6.45, 7) is 6.08. The maximum absolute atomic E-state index is 14.4. The number of imidazole rings is 1. The minimum atomic E-state index is -0.351. The van der Waals surface area contributed by atoms with Gasteiger partial charge in [-0.05, 0) is 26.3 Å². The van der Waals surface area contributed by atoms with E-state index in [9.17, 15) is 4.39 Å². The fourth-order valence-electron chi connectivity index (χ4n) is 2.85. The number of H-pyrrole nitrogens is 1. The van der Waals surface area contributed by atoms with E-state index in [2.05, 4.69) is 39.1 Å². The first kappa shape index (κ1) is 15.6. The molecule has 25 heavy (non-hydrogen) atoms. The van der Waals surface area contributed by atoms with Crippen LogP contribution in [0.4, 0.5) is 10.3 Å². The second-order valence-electron chi connectivity index (χ2n) is 6.28. The molecule has 128 valence electrons. The summed E-state index contributed by atoms with van der Waals surface area (Å²) in [5, 5.41) is 4.11. The molecule has 0 saturated carbocycles. The number of nitrogens with one attached hydrogen (secondary N) is 2. The number of hydrogen-bond acceptors (Lipinski definition) is 4. The fourth-order valence-corrected chi connectivity index (χ4v) is 2.85. The van der Waals surface area contributed by atoms with E-state index in [1.807, 2.05) is 19.3 Å². The van der Waals surface area contributed by atoms with Crippen LogP contribution in [0.3, 0.4) is 0 Å². The molecule has 4 aromatic heterocycles. The van der Waals surface area contributed by atoms with Crippen molar-refractivity contribution in [3.05, 3.63) is 42.4 Å².